The molecule has 2 N–H and O–H groups in total. The number of carboxylic acids is 1. The van der Waals surface area contributed by atoms with Crippen LogP contribution in [0.25, 0.3) is 0 Å². The van der Waals surface area contributed by atoms with E-state index >= 15 is 0 Å². The van der Waals surface area contributed by atoms with Crippen molar-refractivity contribution >= 4 is 23.3 Å². The first kappa shape index (κ1) is 13.4. The quantitative estimate of drug-likeness (QED) is 0.897. The van der Waals surface area contributed by atoms with Crippen molar-refractivity contribution in [2.24, 2.45) is 0 Å². The number of aliphatic carboxylic acids is 1. The molecule has 2 aromatic rings. The number of hydrogen-bond donors (Lipinski definition) is 2. The number of benzene rings is 2. The van der Waals surface area contributed by atoms with E-state index in [4.69, 9.17) is 11.6 Å². The molecule has 0 saturated heterocycles. The Balaban J connectivity index is 2.29. The summed E-state index contributed by atoms with van der Waals surface area (Å²) in [6.07, 6.45) is 0. The Morgan fingerprint density at radius 3 is 2.37 bits per heavy atom. The zero-order chi connectivity index (χ0) is 13.8. The Morgan fingerprint density at radius 1 is 1.16 bits per heavy atom. The number of carboxylic acid groups (broad SMARTS) is 1. The molecule has 0 fully saturated rings. The molecule has 0 aliphatic carbocycles. The van der Waals surface area contributed by atoms with Crippen LogP contribution in [0, 0.1) is 5.82 Å². The summed E-state index contributed by atoms with van der Waals surface area (Å²) in [5, 5.41) is 12.4. The van der Waals surface area contributed by atoms with Crippen LogP contribution in [0.4, 0.5) is 10.1 Å². The lowest BCUT2D eigenvalue weighted by Gasteiger charge is -2.16. The monoisotopic (exact) mass is 279 g/mol. The first-order valence-electron chi connectivity index (χ1n) is 5.57. The molecular weight excluding hydrogens is 269 g/mol. The van der Waals surface area contributed by atoms with E-state index in [-0.39, 0.29) is 5.69 Å². The van der Waals surface area contributed by atoms with Crippen molar-refractivity contribution < 1.29 is 14.3 Å². The summed E-state index contributed by atoms with van der Waals surface area (Å²) in [5.74, 6) is -1.59. The minimum Gasteiger partial charge on any atom is -0.479 e. The van der Waals surface area contributed by atoms with E-state index in [2.05, 4.69) is 5.32 Å². The largest absolute Gasteiger partial charge is 0.479 e. The average Bonchev–Trinajstić information content (AvgIpc) is 2.39. The lowest BCUT2D eigenvalue weighted by molar-refractivity contribution is -0.138. The Morgan fingerprint density at radius 2 is 1.79 bits per heavy atom. The summed E-state index contributed by atoms with van der Waals surface area (Å²) in [5.41, 5.74) is 0.644. The fraction of sp³-hybridized carbons (Fsp3) is 0.0714. The van der Waals surface area contributed by atoms with Gasteiger partial charge in [-0.1, -0.05) is 35.9 Å². The van der Waals surface area contributed by atoms with Crippen molar-refractivity contribution in [3.8, 4) is 0 Å². The number of nitrogens with one attached hydrogen (secondary N) is 1. The van der Waals surface area contributed by atoms with Crippen LogP contribution in [0.5, 0.6) is 0 Å². The highest BCUT2D eigenvalue weighted by Gasteiger charge is 2.20. The van der Waals surface area contributed by atoms with Crippen molar-refractivity contribution in [2.45, 2.75) is 6.04 Å². The number of rotatable bonds is 4. The van der Waals surface area contributed by atoms with Gasteiger partial charge in [0, 0.05) is 5.02 Å². The lowest BCUT2D eigenvalue weighted by Crippen LogP contribution is -2.20. The molecule has 0 radical (unpaired) electrons. The fourth-order valence-electron chi connectivity index (χ4n) is 1.68. The molecule has 5 heteroatoms. The van der Waals surface area contributed by atoms with E-state index in [0.29, 0.717) is 10.6 Å². The highest BCUT2D eigenvalue weighted by molar-refractivity contribution is 6.30. The minimum atomic E-state index is -1.09. The van der Waals surface area contributed by atoms with Crippen LogP contribution in [0.1, 0.15) is 11.6 Å². The van der Waals surface area contributed by atoms with Gasteiger partial charge in [0.15, 0.2) is 6.04 Å². The molecule has 19 heavy (non-hydrogen) atoms. The zero-order valence-corrected chi connectivity index (χ0v) is 10.6. The van der Waals surface area contributed by atoms with Gasteiger partial charge in [-0.3, -0.25) is 0 Å². The summed E-state index contributed by atoms with van der Waals surface area (Å²) in [4.78, 5) is 11.3. The third-order valence-electron chi connectivity index (χ3n) is 2.62. The minimum absolute atomic E-state index is 0.143. The maximum Gasteiger partial charge on any atom is 0.330 e. The predicted octanol–water partition coefficient (Wildman–Crippen LogP) is 3.72. The van der Waals surface area contributed by atoms with Crippen LogP contribution in [-0.2, 0) is 4.79 Å². The van der Waals surface area contributed by atoms with Gasteiger partial charge in [-0.15, -0.1) is 0 Å². The lowest BCUT2D eigenvalue weighted by atomic mass is 10.1. The van der Waals surface area contributed by atoms with E-state index in [1.165, 1.54) is 12.1 Å². The molecule has 0 amide bonds. The Bertz CT molecular complexity index is 586. The molecule has 0 saturated carbocycles. The van der Waals surface area contributed by atoms with Gasteiger partial charge in [-0.2, -0.15) is 0 Å². The molecule has 0 aliphatic heterocycles. The molecule has 0 spiro atoms. The van der Waals surface area contributed by atoms with E-state index in [1.807, 2.05) is 0 Å². The van der Waals surface area contributed by atoms with Crippen molar-refractivity contribution in [3.63, 3.8) is 0 Å². The smallest absolute Gasteiger partial charge is 0.330 e. The Hall–Kier alpha value is -2.07. The third-order valence-corrected chi connectivity index (χ3v) is 2.88. The molecule has 98 valence electrons. The van der Waals surface area contributed by atoms with Crippen molar-refractivity contribution in [2.75, 3.05) is 5.32 Å². The Kier molecular flexibility index (Phi) is 4.02. The van der Waals surface area contributed by atoms with E-state index in [1.54, 1.807) is 36.4 Å². The molecule has 0 aromatic heterocycles. The predicted molar refractivity (Wildman–Crippen MR) is 71.9 cm³/mol. The van der Waals surface area contributed by atoms with Crippen molar-refractivity contribution in [3.05, 3.63) is 64.9 Å². The topological polar surface area (TPSA) is 49.3 Å². The van der Waals surface area contributed by atoms with Crippen LogP contribution in [-0.4, -0.2) is 11.1 Å². The summed E-state index contributed by atoms with van der Waals surface area (Å²) in [6.45, 7) is 0. The zero-order valence-electron chi connectivity index (χ0n) is 9.81. The molecule has 2 aromatic carbocycles. The first-order chi connectivity index (χ1) is 9.08. The van der Waals surface area contributed by atoms with Crippen LogP contribution in [0.3, 0.4) is 0 Å². The van der Waals surface area contributed by atoms with Crippen molar-refractivity contribution in [1.29, 1.82) is 0 Å². The summed E-state index contributed by atoms with van der Waals surface area (Å²) >= 11 is 5.75. The second-order valence-electron chi connectivity index (χ2n) is 3.95. The molecule has 0 unspecified atom stereocenters. The standard InChI is InChI=1S/C14H11ClFNO2/c15-10-7-5-9(6-8-10)13(14(18)19)17-12-4-2-1-3-11(12)16/h1-8,13,17H,(H,18,19)/t13-/m1/s1. The number of anilines is 1. The maximum atomic E-state index is 13.5. The van der Waals surface area contributed by atoms with E-state index < -0.39 is 17.8 Å². The third kappa shape index (κ3) is 3.23. The molecule has 0 bridgehead atoms. The number of carbonyl (C=O) groups is 1. The summed E-state index contributed by atoms with van der Waals surface area (Å²) in [7, 11) is 0. The molecule has 0 aliphatic rings. The second kappa shape index (κ2) is 5.71. The van der Waals surface area contributed by atoms with Gasteiger partial charge in [0.1, 0.15) is 5.82 Å². The van der Waals surface area contributed by atoms with Gasteiger partial charge in [0.25, 0.3) is 0 Å². The van der Waals surface area contributed by atoms with Crippen LogP contribution >= 0.6 is 11.6 Å². The normalized spacial score (nSPS) is 11.9. The molecule has 0 heterocycles. The molecule has 3 nitrogen and oxygen atoms in total. The summed E-state index contributed by atoms with van der Waals surface area (Å²) < 4.78 is 13.5. The second-order valence-corrected chi connectivity index (χ2v) is 4.38. The summed E-state index contributed by atoms with van der Waals surface area (Å²) in [6, 6.07) is 11.3. The highest BCUT2D eigenvalue weighted by Crippen LogP contribution is 2.23. The van der Waals surface area contributed by atoms with Crippen LogP contribution < -0.4 is 5.32 Å². The van der Waals surface area contributed by atoms with Gasteiger partial charge < -0.3 is 10.4 Å². The molecule has 1 atom stereocenters. The average molecular weight is 280 g/mol. The SMILES string of the molecule is O=C(O)[C@H](Nc1ccccc1F)c1ccc(Cl)cc1. The van der Waals surface area contributed by atoms with Gasteiger partial charge in [0.05, 0.1) is 5.69 Å². The van der Waals surface area contributed by atoms with Crippen molar-refractivity contribution in [1.82, 2.24) is 0 Å². The highest BCUT2D eigenvalue weighted by atomic mass is 35.5. The Labute approximate surface area is 114 Å². The van der Waals surface area contributed by atoms with Gasteiger partial charge in [-0.05, 0) is 29.8 Å². The van der Waals surface area contributed by atoms with Crippen LogP contribution in [0.15, 0.2) is 48.5 Å². The molecule has 2 rings (SSSR count). The molecular formula is C14H11ClFNO2. The van der Waals surface area contributed by atoms with Gasteiger partial charge in [-0.25, -0.2) is 9.18 Å². The van der Waals surface area contributed by atoms with Gasteiger partial charge in [0.2, 0.25) is 0 Å². The number of hydrogen-bond acceptors (Lipinski definition) is 2. The van der Waals surface area contributed by atoms with E-state index in [0.717, 1.165) is 0 Å². The fourth-order valence-corrected chi connectivity index (χ4v) is 1.80. The van der Waals surface area contributed by atoms with Crippen LogP contribution in [0.2, 0.25) is 5.02 Å². The first-order valence-corrected chi connectivity index (χ1v) is 5.95. The van der Waals surface area contributed by atoms with Gasteiger partial charge >= 0.3 is 5.97 Å². The number of halogens is 2. The maximum absolute atomic E-state index is 13.5. The number of para-hydroxylation sites is 1. The van der Waals surface area contributed by atoms with E-state index in [9.17, 15) is 14.3 Å².